The van der Waals surface area contributed by atoms with Crippen molar-refractivity contribution in [2.75, 3.05) is 0 Å². The van der Waals surface area contributed by atoms with Crippen LogP contribution < -0.4 is 14.8 Å². The zero-order chi connectivity index (χ0) is 21.5. The lowest BCUT2D eigenvalue weighted by Gasteiger charge is -2.10. The molecule has 2 aromatic carbocycles. The highest BCUT2D eigenvalue weighted by Crippen LogP contribution is 2.24. The van der Waals surface area contributed by atoms with Gasteiger partial charge in [0.25, 0.3) is 5.91 Å². The number of nitrogens with one attached hydrogen (secondary N) is 1. The van der Waals surface area contributed by atoms with Gasteiger partial charge in [-0.3, -0.25) is 9.78 Å². The molecule has 0 atom stereocenters. The minimum atomic E-state index is -0.520. The third-order valence-electron chi connectivity index (χ3n) is 4.28. The predicted octanol–water partition coefficient (Wildman–Crippen LogP) is 4.98. The number of carbonyl (C=O) groups is 1. The molecule has 0 saturated heterocycles. The van der Waals surface area contributed by atoms with E-state index in [2.05, 4.69) is 15.3 Å². The van der Waals surface area contributed by atoms with Gasteiger partial charge in [-0.15, -0.1) is 11.3 Å². The number of rotatable bonds is 8. The summed E-state index contributed by atoms with van der Waals surface area (Å²) in [5, 5.41) is 4.69. The van der Waals surface area contributed by atoms with Crippen LogP contribution in [0.25, 0.3) is 0 Å². The van der Waals surface area contributed by atoms with E-state index in [9.17, 15) is 9.18 Å². The Labute approximate surface area is 182 Å². The Morgan fingerprint density at radius 3 is 2.77 bits per heavy atom. The lowest BCUT2D eigenvalue weighted by Crippen LogP contribution is -2.22. The van der Waals surface area contributed by atoms with Crippen LogP contribution in [0.5, 0.6) is 17.2 Å². The molecule has 4 rings (SSSR count). The molecule has 0 aliphatic carbocycles. The van der Waals surface area contributed by atoms with Crippen molar-refractivity contribution in [3.05, 3.63) is 101 Å². The first-order valence-corrected chi connectivity index (χ1v) is 10.4. The van der Waals surface area contributed by atoms with Crippen molar-refractivity contribution in [1.29, 1.82) is 0 Å². The number of hydrogen-bond donors (Lipinski definition) is 1. The van der Waals surface area contributed by atoms with Gasteiger partial charge in [0.15, 0.2) is 11.6 Å². The Balaban J connectivity index is 1.34. The molecule has 31 heavy (non-hydrogen) atoms. The molecule has 0 fully saturated rings. The monoisotopic (exact) mass is 435 g/mol. The summed E-state index contributed by atoms with van der Waals surface area (Å²) in [5.74, 6) is 0.305. The average Bonchev–Trinajstić information content (AvgIpc) is 3.32. The molecule has 0 aliphatic rings. The first kappa shape index (κ1) is 20.5. The van der Waals surface area contributed by atoms with E-state index in [1.165, 1.54) is 29.7 Å². The number of halogens is 1. The molecule has 8 heteroatoms. The largest absolute Gasteiger partial charge is 0.487 e. The number of benzene rings is 2. The van der Waals surface area contributed by atoms with Gasteiger partial charge >= 0.3 is 0 Å². The Hall–Kier alpha value is -3.78. The molecule has 1 amide bonds. The molecule has 2 aromatic heterocycles. The molecule has 0 spiro atoms. The number of amides is 1. The van der Waals surface area contributed by atoms with Gasteiger partial charge in [0.2, 0.25) is 0 Å². The molecule has 156 valence electrons. The summed E-state index contributed by atoms with van der Waals surface area (Å²) in [5.41, 5.74) is 3.63. The minimum Gasteiger partial charge on any atom is -0.487 e. The van der Waals surface area contributed by atoms with Gasteiger partial charge in [0, 0.05) is 23.7 Å². The first-order chi connectivity index (χ1) is 15.2. The van der Waals surface area contributed by atoms with E-state index in [4.69, 9.17) is 9.47 Å². The topological polar surface area (TPSA) is 73.3 Å². The molecule has 0 radical (unpaired) electrons. The Morgan fingerprint density at radius 2 is 2.00 bits per heavy atom. The van der Waals surface area contributed by atoms with Gasteiger partial charge in [-0.2, -0.15) is 0 Å². The Bertz CT molecular complexity index is 1150. The van der Waals surface area contributed by atoms with Crippen molar-refractivity contribution >= 4 is 17.2 Å². The molecule has 1 N–H and O–H groups in total. The first-order valence-electron chi connectivity index (χ1n) is 9.42. The fourth-order valence-electron chi connectivity index (χ4n) is 2.75. The number of hydrogen-bond acceptors (Lipinski definition) is 6. The lowest BCUT2D eigenvalue weighted by atomic mass is 10.1. The molecular formula is C23H18FN3O3S. The van der Waals surface area contributed by atoms with Crippen LogP contribution in [-0.4, -0.2) is 15.9 Å². The normalized spacial score (nSPS) is 10.5. The number of aromatic nitrogens is 2. The highest BCUT2D eigenvalue weighted by atomic mass is 32.1. The lowest BCUT2D eigenvalue weighted by molar-refractivity contribution is 0.0950. The summed E-state index contributed by atoms with van der Waals surface area (Å²) < 4.78 is 25.5. The van der Waals surface area contributed by atoms with Crippen molar-refractivity contribution in [3.63, 3.8) is 0 Å². The second-order valence-corrected chi connectivity index (χ2v) is 7.25. The zero-order valence-corrected chi connectivity index (χ0v) is 17.1. The van der Waals surface area contributed by atoms with E-state index in [0.29, 0.717) is 29.2 Å². The zero-order valence-electron chi connectivity index (χ0n) is 16.3. The second-order valence-electron chi connectivity index (χ2n) is 6.53. The van der Waals surface area contributed by atoms with E-state index in [0.717, 1.165) is 5.69 Å². The van der Waals surface area contributed by atoms with Crippen LogP contribution in [0.1, 0.15) is 21.6 Å². The molecule has 0 aliphatic heterocycles. The molecule has 0 unspecified atom stereocenters. The fourth-order valence-corrected chi connectivity index (χ4v) is 3.29. The van der Waals surface area contributed by atoms with Crippen LogP contribution in [0.2, 0.25) is 0 Å². The van der Waals surface area contributed by atoms with Crippen LogP contribution in [0.15, 0.2) is 77.9 Å². The molecule has 0 bridgehead atoms. The molecule has 6 nitrogen and oxygen atoms in total. The third kappa shape index (κ3) is 5.64. The summed E-state index contributed by atoms with van der Waals surface area (Å²) in [4.78, 5) is 20.6. The molecule has 0 saturated carbocycles. The smallest absolute Gasteiger partial charge is 0.251 e. The SMILES string of the molecule is O=C(NCc1ccc(Oc2cccnc2)c(F)c1)c1cccc(OCc2cscn2)c1. The quantitative estimate of drug-likeness (QED) is 0.423. The van der Waals surface area contributed by atoms with E-state index >= 15 is 0 Å². The van der Waals surface area contributed by atoms with Gasteiger partial charge in [0.1, 0.15) is 18.1 Å². The fraction of sp³-hybridized carbons (Fsp3) is 0.0870. The van der Waals surface area contributed by atoms with Crippen LogP contribution in [-0.2, 0) is 13.2 Å². The van der Waals surface area contributed by atoms with E-state index < -0.39 is 5.82 Å². The van der Waals surface area contributed by atoms with Crippen molar-refractivity contribution in [2.24, 2.45) is 0 Å². The van der Waals surface area contributed by atoms with Crippen molar-refractivity contribution in [2.45, 2.75) is 13.2 Å². The number of nitrogens with zero attached hydrogens (tertiary/aromatic N) is 2. The second kappa shape index (κ2) is 9.82. The Morgan fingerprint density at radius 1 is 1.10 bits per heavy atom. The summed E-state index contributed by atoms with van der Waals surface area (Å²) in [6.45, 7) is 0.508. The highest BCUT2D eigenvalue weighted by Gasteiger charge is 2.10. The minimum absolute atomic E-state index is 0.0908. The van der Waals surface area contributed by atoms with Crippen LogP contribution in [0.4, 0.5) is 4.39 Å². The predicted molar refractivity (Wildman–Crippen MR) is 115 cm³/mol. The van der Waals surface area contributed by atoms with Crippen LogP contribution in [0, 0.1) is 5.82 Å². The van der Waals surface area contributed by atoms with Gasteiger partial charge in [-0.05, 0) is 48.0 Å². The van der Waals surface area contributed by atoms with Gasteiger partial charge in [0.05, 0.1) is 17.4 Å². The molecule has 4 aromatic rings. The highest BCUT2D eigenvalue weighted by molar-refractivity contribution is 7.07. The maximum atomic E-state index is 14.4. The number of ether oxygens (including phenoxy) is 2. The summed E-state index contributed by atoms with van der Waals surface area (Å²) in [6, 6.07) is 14.8. The van der Waals surface area contributed by atoms with Crippen molar-refractivity contribution < 1.29 is 18.7 Å². The van der Waals surface area contributed by atoms with E-state index in [1.54, 1.807) is 54.2 Å². The van der Waals surface area contributed by atoms with Gasteiger partial charge in [-0.1, -0.05) is 12.1 Å². The van der Waals surface area contributed by atoms with Gasteiger partial charge in [-0.25, -0.2) is 9.37 Å². The third-order valence-corrected chi connectivity index (χ3v) is 4.91. The number of carbonyl (C=O) groups excluding carboxylic acids is 1. The maximum Gasteiger partial charge on any atom is 0.251 e. The average molecular weight is 435 g/mol. The van der Waals surface area contributed by atoms with E-state index in [-0.39, 0.29) is 18.2 Å². The summed E-state index contributed by atoms with van der Waals surface area (Å²) in [7, 11) is 0. The number of thiazole rings is 1. The van der Waals surface area contributed by atoms with Crippen molar-refractivity contribution in [3.8, 4) is 17.2 Å². The molecular weight excluding hydrogens is 417 g/mol. The number of pyridine rings is 1. The van der Waals surface area contributed by atoms with Gasteiger partial charge < -0.3 is 14.8 Å². The van der Waals surface area contributed by atoms with E-state index in [1.807, 2.05) is 5.38 Å². The van der Waals surface area contributed by atoms with Crippen LogP contribution in [0.3, 0.4) is 0 Å². The molecule has 2 heterocycles. The summed E-state index contributed by atoms with van der Waals surface area (Å²) >= 11 is 1.50. The van der Waals surface area contributed by atoms with Crippen molar-refractivity contribution in [1.82, 2.24) is 15.3 Å². The maximum absolute atomic E-state index is 14.4. The standard InChI is InChI=1S/C23H18FN3O3S/c24-21-9-16(6-7-22(21)30-20-5-2-8-25-12-20)11-26-23(28)17-3-1-4-19(10-17)29-13-18-14-31-15-27-18/h1-10,12,14-15H,11,13H2,(H,26,28). The van der Waals surface area contributed by atoms with Crippen LogP contribution >= 0.6 is 11.3 Å². The Kier molecular flexibility index (Phi) is 6.49. The summed E-state index contributed by atoms with van der Waals surface area (Å²) in [6.07, 6.45) is 3.11.